The number of rotatable bonds is 15. The van der Waals surface area contributed by atoms with Crippen LogP contribution in [0.5, 0.6) is 0 Å². The van der Waals surface area contributed by atoms with Gasteiger partial charge in [0, 0.05) is 0 Å². The predicted molar refractivity (Wildman–Crippen MR) is 107 cm³/mol. The molecule has 0 heterocycles. The number of amides is 3. The summed E-state index contributed by atoms with van der Waals surface area (Å²) in [6.45, 7) is 3.40. The minimum absolute atomic E-state index is 0.209. The van der Waals surface area contributed by atoms with E-state index in [-0.39, 0.29) is 13.0 Å². The molecule has 0 saturated carbocycles. The molecule has 0 aliphatic heterocycles. The number of nitrogens with two attached hydrogens (primary N) is 2. The van der Waals surface area contributed by atoms with Crippen LogP contribution in [-0.4, -0.2) is 71.1 Å². The lowest BCUT2D eigenvalue weighted by atomic mass is 9.98. The number of carboxylic acid groups (broad SMARTS) is 2. The maximum Gasteiger partial charge on any atom is 0.326 e. The number of aliphatic carboxylic acids is 2. The van der Waals surface area contributed by atoms with Gasteiger partial charge in [0.15, 0.2) is 0 Å². The van der Waals surface area contributed by atoms with Gasteiger partial charge in [0.25, 0.3) is 0 Å². The summed E-state index contributed by atoms with van der Waals surface area (Å²) in [6.07, 6.45) is 1.01. The van der Waals surface area contributed by atoms with E-state index in [0.717, 1.165) is 0 Å². The van der Waals surface area contributed by atoms with Gasteiger partial charge in [0.2, 0.25) is 17.7 Å². The van der Waals surface area contributed by atoms with Crippen molar-refractivity contribution in [3.63, 3.8) is 0 Å². The molecule has 0 bridgehead atoms. The molecule has 0 aromatic carbocycles. The molecule has 0 spiro atoms. The summed E-state index contributed by atoms with van der Waals surface area (Å²) in [4.78, 5) is 59.3. The summed E-state index contributed by atoms with van der Waals surface area (Å²) in [5, 5.41) is 25.4. The Morgan fingerprint density at radius 3 is 1.97 bits per heavy atom. The molecule has 0 aliphatic carbocycles. The van der Waals surface area contributed by atoms with Crippen molar-refractivity contribution in [2.45, 2.75) is 64.1 Å². The van der Waals surface area contributed by atoms with Crippen LogP contribution < -0.4 is 27.4 Å². The molecule has 0 fully saturated rings. The van der Waals surface area contributed by atoms with Crippen molar-refractivity contribution < 1.29 is 34.2 Å². The van der Waals surface area contributed by atoms with Crippen LogP contribution in [-0.2, 0) is 24.0 Å². The van der Waals surface area contributed by atoms with E-state index in [9.17, 15) is 29.1 Å². The largest absolute Gasteiger partial charge is 0.481 e. The van der Waals surface area contributed by atoms with E-state index in [1.54, 1.807) is 13.8 Å². The zero-order chi connectivity index (χ0) is 23.3. The summed E-state index contributed by atoms with van der Waals surface area (Å²) < 4.78 is 0. The van der Waals surface area contributed by atoms with Crippen molar-refractivity contribution >= 4 is 29.7 Å². The molecule has 0 aliphatic rings. The molecule has 3 amide bonds. The standard InChI is InChI=1S/C18H33N5O7/c1-3-10(2)15(18(29)30)23-17(28)12(8-14(25)26)22-16(27)11(6-4-5-7-19)21-13(24)9-20/h10-12,15H,3-9,19-20H2,1-2H3,(H,21,24)(H,22,27)(H,23,28)(H,25,26)(H,29,30). The minimum atomic E-state index is -1.52. The van der Waals surface area contributed by atoms with Gasteiger partial charge in [-0.2, -0.15) is 0 Å². The molecule has 0 rings (SSSR count). The van der Waals surface area contributed by atoms with Crippen molar-refractivity contribution in [2.24, 2.45) is 17.4 Å². The van der Waals surface area contributed by atoms with Crippen molar-refractivity contribution in [1.82, 2.24) is 16.0 Å². The smallest absolute Gasteiger partial charge is 0.326 e. The predicted octanol–water partition coefficient (Wildman–Crippen LogP) is -1.87. The Labute approximate surface area is 175 Å². The van der Waals surface area contributed by atoms with Gasteiger partial charge >= 0.3 is 11.9 Å². The van der Waals surface area contributed by atoms with E-state index < -0.39 is 60.1 Å². The van der Waals surface area contributed by atoms with Gasteiger partial charge in [0.05, 0.1) is 13.0 Å². The summed E-state index contributed by atoms with van der Waals surface area (Å²) in [7, 11) is 0. The Kier molecular flexibility index (Phi) is 13.0. The van der Waals surface area contributed by atoms with Crippen LogP contribution in [0.2, 0.25) is 0 Å². The summed E-state index contributed by atoms with van der Waals surface area (Å²) in [5.41, 5.74) is 10.7. The highest BCUT2D eigenvalue weighted by Crippen LogP contribution is 2.09. The van der Waals surface area contributed by atoms with Crippen LogP contribution in [0, 0.1) is 5.92 Å². The van der Waals surface area contributed by atoms with Crippen LogP contribution in [0.1, 0.15) is 46.0 Å². The molecule has 172 valence electrons. The topological polar surface area (TPSA) is 214 Å². The van der Waals surface area contributed by atoms with Gasteiger partial charge in [0.1, 0.15) is 18.1 Å². The summed E-state index contributed by atoms with van der Waals surface area (Å²) >= 11 is 0. The molecule has 0 saturated heterocycles. The quantitative estimate of drug-likeness (QED) is 0.144. The Morgan fingerprint density at radius 2 is 1.50 bits per heavy atom. The first-order chi connectivity index (χ1) is 14.1. The third kappa shape index (κ3) is 10.2. The molecule has 0 aromatic heterocycles. The zero-order valence-corrected chi connectivity index (χ0v) is 17.3. The lowest BCUT2D eigenvalue weighted by Crippen LogP contribution is -2.57. The van der Waals surface area contributed by atoms with Crippen molar-refractivity contribution in [1.29, 1.82) is 0 Å². The molecule has 9 N–H and O–H groups in total. The fraction of sp³-hybridized carbons (Fsp3) is 0.722. The monoisotopic (exact) mass is 431 g/mol. The SMILES string of the molecule is CCC(C)C(NC(=O)C(CC(=O)O)NC(=O)C(CCCCN)NC(=O)CN)C(=O)O. The summed E-state index contributed by atoms with van der Waals surface area (Å²) in [6, 6.07) is -3.80. The van der Waals surface area contributed by atoms with Crippen LogP contribution in [0.15, 0.2) is 0 Å². The Hall–Kier alpha value is -2.73. The Balaban J connectivity index is 5.39. The van der Waals surface area contributed by atoms with E-state index in [2.05, 4.69) is 16.0 Å². The number of carbonyl (C=O) groups excluding carboxylic acids is 3. The van der Waals surface area contributed by atoms with Gasteiger partial charge < -0.3 is 37.6 Å². The highest BCUT2D eigenvalue weighted by Gasteiger charge is 2.32. The normalized spacial score (nSPS) is 14.7. The van der Waals surface area contributed by atoms with E-state index in [1.807, 2.05) is 0 Å². The second kappa shape index (κ2) is 14.3. The number of unbranched alkanes of at least 4 members (excludes halogenated alkanes) is 1. The molecule has 12 heteroatoms. The highest BCUT2D eigenvalue weighted by molar-refractivity contribution is 5.95. The molecule has 4 atom stereocenters. The minimum Gasteiger partial charge on any atom is -0.481 e. The van der Waals surface area contributed by atoms with Crippen LogP contribution >= 0.6 is 0 Å². The van der Waals surface area contributed by atoms with Gasteiger partial charge in [-0.15, -0.1) is 0 Å². The van der Waals surface area contributed by atoms with Gasteiger partial charge in [-0.05, 0) is 31.7 Å². The van der Waals surface area contributed by atoms with Gasteiger partial charge in [-0.3, -0.25) is 19.2 Å². The third-order valence-electron chi connectivity index (χ3n) is 4.57. The van der Waals surface area contributed by atoms with Crippen molar-refractivity contribution in [3.8, 4) is 0 Å². The van der Waals surface area contributed by atoms with E-state index >= 15 is 0 Å². The number of carbonyl (C=O) groups is 5. The van der Waals surface area contributed by atoms with Crippen LogP contribution in [0.25, 0.3) is 0 Å². The highest BCUT2D eigenvalue weighted by atomic mass is 16.4. The second-order valence-electron chi connectivity index (χ2n) is 6.98. The Morgan fingerprint density at radius 1 is 0.900 bits per heavy atom. The van der Waals surface area contributed by atoms with Crippen molar-refractivity contribution in [3.05, 3.63) is 0 Å². The maximum atomic E-state index is 12.6. The van der Waals surface area contributed by atoms with Crippen LogP contribution in [0.4, 0.5) is 0 Å². The average Bonchev–Trinajstić information content (AvgIpc) is 2.69. The fourth-order valence-electron chi connectivity index (χ4n) is 2.61. The first-order valence-corrected chi connectivity index (χ1v) is 9.82. The lowest BCUT2D eigenvalue weighted by Gasteiger charge is -2.25. The molecular formula is C18H33N5O7. The number of carboxylic acids is 2. The molecular weight excluding hydrogens is 398 g/mol. The second-order valence-corrected chi connectivity index (χ2v) is 6.98. The van der Waals surface area contributed by atoms with Crippen LogP contribution in [0.3, 0.4) is 0 Å². The van der Waals surface area contributed by atoms with Crippen molar-refractivity contribution in [2.75, 3.05) is 13.1 Å². The van der Waals surface area contributed by atoms with E-state index in [1.165, 1.54) is 0 Å². The first kappa shape index (κ1) is 27.3. The lowest BCUT2D eigenvalue weighted by molar-refractivity contribution is -0.144. The van der Waals surface area contributed by atoms with Gasteiger partial charge in [-0.1, -0.05) is 20.3 Å². The average molecular weight is 431 g/mol. The number of hydrogen-bond donors (Lipinski definition) is 7. The third-order valence-corrected chi connectivity index (χ3v) is 4.57. The first-order valence-electron chi connectivity index (χ1n) is 9.82. The number of hydrogen-bond acceptors (Lipinski definition) is 7. The van der Waals surface area contributed by atoms with E-state index in [4.69, 9.17) is 16.6 Å². The molecule has 30 heavy (non-hydrogen) atoms. The number of nitrogens with one attached hydrogen (secondary N) is 3. The van der Waals surface area contributed by atoms with E-state index in [0.29, 0.717) is 25.8 Å². The Bertz CT molecular complexity index is 614. The molecule has 0 radical (unpaired) electrons. The van der Waals surface area contributed by atoms with Gasteiger partial charge in [-0.25, -0.2) is 4.79 Å². The molecule has 4 unspecified atom stereocenters. The molecule has 0 aromatic rings. The zero-order valence-electron chi connectivity index (χ0n) is 17.3. The maximum absolute atomic E-state index is 12.6. The summed E-state index contributed by atoms with van der Waals surface area (Å²) in [5.74, 6) is -5.36. The fourth-order valence-corrected chi connectivity index (χ4v) is 2.61. The molecule has 12 nitrogen and oxygen atoms in total.